The number of nitrogens with zero attached hydrogens (tertiary/aromatic N) is 3. The van der Waals surface area contributed by atoms with E-state index in [1.807, 2.05) is 25.2 Å². The molecule has 0 spiro atoms. The Hall–Kier alpha value is -3.51. The third kappa shape index (κ3) is 7.54. The molecule has 4 rings (SSSR count). The predicted molar refractivity (Wildman–Crippen MR) is 149 cm³/mol. The second kappa shape index (κ2) is 13.0. The van der Waals surface area contributed by atoms with Crippen LogP contribution in [0.25, 0.3) is 15.9 Å². The van der Waals surface area contributed by atoms with E-state index in [9.17, 15) is 13.2 Å². The fraction of sp³-hybridized carbons (Fsp3) is 0.222. The van der Waals surface area contributed by atoms with E-state index in [2.05, 4.69) is 20.6 Å². The number of hydrogen-bond acceptors (Lipinski definition) is 8. The Labute approximate surface area is 232 Å². The van der Waals surface area contributed by atoms with Crippen LogP contribution in [0, 0.1) is 0 Å². The fourth-order valence-corrected chi connectivity index (χ4v) is 4.70. The number of aliphatic hydroxyl groups is 1. The highest BCUT2D eigenvalue weighted by Gasteiger charge is 2.30. The molecule has 39 heavy (non-hydrogen) atoms. The summed E-state index contributed by atoms with van der Waals surface area (Å²) in [4.78, 5) is 14.1. The van der Waals surface area contributed by atoms with E-state index in [0.29, 0.717) is 28.4 Å². The molecule has 2 heterocycles. The lowest BCUT2D eigenvalue weighted by Crippen LogP contribution is -2.18. The zero-order valence-corrected chi connectivity index (χ0v) is 22.4. The number of aliphatic hydroxyl groups excluding tert-OH is 1. The molecule has 2 aromatic heterocycles. The Morgan fingerprint density at radius 1 is 1.15 bits per heavy atom. The smallest absolute Gasteiger partial charge is 0.416 e. The van der Waals surface area contributed by atoms with Crippen molar-refractivity contribution in [2.24, 2.45) is 0 Å². The van der Waals surface area contributed by atoms with Gasteiger partial charge in [0.15, 0.2) is 5.82 Å². The second-order valence-corrected chi connectivity index (χ2v) is 9.59. The molecule has 0 radical (unpaired) electrons. The van der Waals surface area contributed by atoms with Gasteiger partial charge in [-0.3, -0.25) is 0 Å². The van der Waals surface area contributed by atoms with Crippen LogP contribution in [0.5, 0.6) is 11.5 Å². The molecule has 0 unspecified atom stereocenters. The molecule has 0 saturated heterocycles. The number of aromatic nitrogens is 3. The minimum Gasteiger partial charge on any atom is -0.456 e. The molecular weight excluding hydrogens is 551 g/mol. The van der Waals surface area contributed by atoms with Gasteiger partial charge in [0.2, 0.25) is 0 Å². The highest BCUT2D eigenvalue weighted by molar-refractivity contribution is 7.19. The maximum atomic E-state index is 13.0. The molecule has 12 heteroatoms. The van der Waals surface area contributed by atoms with Gasteiger partial charge in [0.1, 0.15) is 33.2 Å². The number of ether oxygens (including phenoxy) is 1. The van der Waals surface area contributed by atoms with E-state index in [4.69, 9.17) is 26.4 Å². The molecule has 3 N–H and O–H groups in total. The van der Waals surface area contributed by atoms with Crippen LogP contribution in [0.1, 0.15) is 23.9 Å². The minimum atomic E-state index is -4.47. The third-order valence-electron chi connectivity index (χ3n) is 5.41. The highest BCUT2D eigenvalue weighted by atomic mass is 35.5. The molecule has 2 aromatic carbocycles. The molecule has 0 aliphatic heterocycles. The maximum Gasteiger partial charge on any atom is 0.416 e. The average Bonchev–Trinajstić information content (AvgIpc) is 3.35. The number of fused-ring (bicyclic) bond motifs is 1. The van der Waals surface area contributed by atoms with E-state index in [0.717, 1.165) is 35.7 Å². The third-order valence-corrected chi connectivity index (χ3v) is 6.72. The molecule has 204 valence electrons. The van der Waals surface area contributed by atoms with E-state index >= 15 is 0 Å². The van der Waals surface area contributed by atoms with Gasteiger partial charge in [0.05, 0.1) is 17.2 Å². The molecule has 0 aliphatic carbocycles. The summed E-state index contributed by atoms with van der Waals surface area (Å²) in [5.74, 6) is 0.717. The first kappa shape index (κ1) is 28.5. The summed E-state index contributed by atoms with van der Waals surface area (Å²) >= 11 is 7.82. The van der Waals surface area contributed by atoms with Gasteiger partial charge in [0, 0.05) is 17.8 Å². The van der Waals surface area contributed by atoms with Crippen molar-refractivity contribution in [3.8, 4) is 11.5 Å². The number of anilines is 2. The standard InChI is InChI=1S/C27H25ClF3N5O2S/c1-2-17(6-3-4-11-32-12-13-37)25-36-23-24(33-16-34-26(23)39-25)35-19-9-10-22(21(28)15-19)38-20-8-5-7-18(14-20)27(29,30)31/h2-3,5-10,14-16,32,37H,4,11-13H2,1H3,(H,33,34,35)/b6-3-,17-2+. The maximum absolute atomic E-state index is 13.0. The Balaban J connectivity index is 1.49. The Morgan fingerprint density at radius 2 is 2.00 bits per heavy atom. The fourth-order valence-electron chi connectivity index (χ4n) is 3.52. The second-order valence-electron chi connectivity index (χ2n) is 8.20. The summed E-state index contributed by atoms with van der Waals surface area (Å²) in [5, 5.41) is 16.1. The number of benzene rings is 2. The monoisotopic (exact) mass is 575 g/mol. The van der Waals surface area contributed by atoms with Crippen LogP contribution in [-0.4, -0.2) is 39.8 Å². The molecule has 4 aromatic rings. The molecule has 0 aliphatic rings. The number of allylic oxidation sites excluding steroid dienone is 3. The van der Waals surface area contributed by atoms with E-state index in [1.165, 1.54) is 29.8 Å². The van der Waals surface area contributed by atoms with Gasteiger partial charge in [0.25, 0.3) is 0 Å². The van der Waals surface area contributed by atoms with E-state index in [1.54, 1.807) is 18.2 Å². The number of nitrogens with one attached hydrogen (secondary N) is 2. The lowest BCUT2D eigenvalue weighted by molar-refractivity contribution is -0.137. The summed E-state index contributed by atoms with van der Waals surface area (Å²) in [6.45, 7) is 3.37. The molecule has 0 bridgehead atoms. The van der Waals surface area contributed by atoms with Gasteiger partial charge in [-0.05, 0) is 56.3 Å². The van der Waals surface area contributed by atoms with Crippen molar-refractivity contribution in [1.82, 2.24) is 20.3 Å². The molecule has 0 fully saturated rings. The van der Waals surface area contributed by atoms with Crippen LogP contribution < -0.4 is 15.4 Å². The van der Waals surface area contributed by atoms with Crippen LogP contribution in [-0.2, 0) is 6.18 Å². The average molecular weight is 576 g/mol. The van der Waals surface area contributed by atoms with Gasteiger partial charge in [-0.15, -0.1) is 0 Å². The van der Waals surface area contributed by atoms with Crippen molar-refractivity contribution in [3.63, 3.8) is 0 Å². The van der Waals surface area contributed by atoms with Crippen molar-refractivity contribution in [2.75, 3.05) is 25.0 Å². The summed E-state index contributed by atoms with van der Waals surface area (Å²) in [7, 11) is 0. The topological polar surface area (TPSA) is 92.2 Å². The minimum absolute atomic E-state index is 0.0233. The van der Waals surface area contributed by atoms with Crippen molar-refractivity contribution in [2.45, 2.75) is 19.5 Å². The first-order valence-corrected chi connectivity index (χ1v) is 13.2. The SMILES string of the molecule is C/C=C(\C=C/CCNCCO)c1nc2c(Nc3ccc(Oc4cccc(C(F)(F)F)c4)c(Cl)c3)ncnc2s1. The zero-order valence-electron chi connectivity index (χ0n) is 20.8. The number of hydrogen-bond donors (Lipinski definition) is 3. The van der Waals surface area contributed by atoms with Crippen LogP contribution >= 0.6 is 22.9 Å². The Morgan fingerprint density at radius 3 is 2.74 bits per heavy atom. The first-order valence-electron chi connectivity index (χ1n) is 12.0. The number of rotatable bonds is 11. The number of halogens is 4. The van der Waals surface area contributed by atoms with Crippen LogP contribution in [0.3, 0.4) is 0 Å². The molecular formula is C27H25ClF3N5O2S. The van der Waals surface area contributed by atoms with E-state index < -0.39 is 11.7 Å². The summed E-state index contributed by atoms with van der Waals surface area (Å²) in [6.07, 6.45) is 3.79. The normalized spacial score (nSPS) is 12.4. The van der Waals surface area contributed by atoms with Gasteiger partial charge in [-0.2, -0.15) is 13.2 Å². The summed E-state index contributed by atoms with van der Waals surface area (Å²) < 4.78 is 44.6. The van der Waals surface area contributed by atoms with Gasteiger partial charge < -0.3 is 20.5 Å². The van der Waals surface area contributed by atoms with Gasteiger partial charge >= 0.3 is 6.18 Å². The summed E-state index contributed by atoms with van der Waals surface area (Å²) in [6, 6.07) is 9.43. The molecule has 0 saturated carbocycles. The molecule has 7 nitrogen and oxygen atoms in total. The lowest BCUT2D eigenvalue weighted by atomic mass is 10.2. The zero-order chi connectivity index (χ0) is 27.8. The largest absolute Gasteiger partial charge is 0.456 e. The Bertz CT molecular complexity index is 1490. The first-order chi connectivity index (χ1) is 18.8. The van der Waals surface area contributed by atoms with Crippen molar-refractivity contribution < 1.29 is 23.0 Å². The van der Waals surface area contributed by atoms with Crippen LogP contribution in [0.15, 0.2) is 67.0 Å². The number of alkyl halides is 3. The van der Waals surface area contributed by atoms with Crippen LogP contribution in [0.4, 0.5) is 24.7 Å². The molecule has 0 amide bonds. The van der Waals surface area contributed by atoms with Crippen molar-refractivity contribution in [3.05, 3.63) is 82.6 Å². The summed E-state index contributed by atoms with van der Waals surface area (Å²) in [5.41, 5.74) is 1.32. The van der Waals surface area contributed by atoms with Gasteiger partial charge in [-0.25, -0.2) is 15.0 Å². The number of thiazole rings is 1. The van der Waals surface area contributed by atoms with Crippen LogP contribution in [0.2, 0.25) is 5.02 Å². The molecule has 0 atom stereocenters. The predicted octanol–water partition coefficient (Wildman–Crippen LogP) is 7.23. The Kier molecular flexibility index (Phi) is 9.52. The van der Waals surface area contributed by atoms with Gasteiger partial charge in [-0.1, -0.05) is 47.2 Å². The quantitative estimate of drug-likeness (QED) is 0.128. The van der Waals surface area contributed by atoms with Crippen molar-refractivity contribution in [1.29, 1.82) is 0 Å². The highest BCUT2D eigenvalue weighted by Crippen LogP contribution is 2.36. The van der Waals surface area contributed by atoms with Crippen molar-refractivity contribution >= 4 is 50.4 Å². The van der Waals surface area contributed by atoms with E-state index in [-0.39, 0.29) is 23.1 Å². The lowest BCUT2D eigenvalue weighted by Gasteiger charge is -2.12.